The van der Waals surface area contributed by atoms with E-state index in [0.29, 0.717) is 19.6 Å². The second kappa shape index (κ2) is 5.02. The average Bonchev–Trinajstić information content (AvgIpc) is 2.86. The summed E-state index contributed by atoms with van der Waals surface area (Å²) in [5.74, 6) is 0.939. The Morgan fingerprint density at radius 2 is 2.05 bits per heavy atom. The van der Waals surface area contributed by atoms with Crippen molar-refractivity contribution in [2.24, 2.45) is 0 Å². The number of anilines is 1. The van der Waals surface area contributed by atoms with Gasteiger partial charge in [-0.1, -0.05) is 0 Å². The number of aryl methyl sites for hydroxylation is 1. The maximum Gasteiger partial charge on any atom is 0.433 e. The highest BCUT2D eigenvalue weighted by atomic mass is 19.4. The second-order valence-corrected chi connectivity index (χ2v) is 5.05. The monoisotopic (exact) mass is 307 g/mol. The zero-order valence-electron chi connectivity index (χ0n) is 11.7. The molecule has 0 atom stereocenters. The molecule has 0 aliphatic carbocycles. The lowest BCUT2D eigenvalue weighted by Gasteiger charge is -2.30. The highest BCUT2D eigenvalue weighted by Crippen LogP contribution is 2.31. The third-order valence-corrected chi connectivity index (χ3v) is 3.67. The lowest BCUT2D eigenvalue weighted by molar-refractivity contribution is -0.141. The quantitative estimate of drug-likeness (QED) is 0.812. The lowest BCUT2D eigenvalue weighted by atomic mass is 10.2. The first-order valence-corrected chi connectivity index (χ1v) is 6.64. The lowest BCUT2D eigenvalue weighted by Crippen LogP contribution is -2.35. The zero-order valence-corrected chi connectivity index (χ0v) is 11.7. The van der Waals surface area contributed by atoms with E-state index in [1.165, 1.54) is 6.07 Å². The summed E-state index contributed by atoms with van der Waals surface area (Å²) in [5.41, 5.74) is 0.0429. The van der Waals surface area contributed by atoms with Gasteiger partial charge in [0.05, 0.1) is 24.0 Å². The van der Waals surface area contributed by atoms with Gasteiger partial charge in [-0.2, -0.15) is 18.4 Å². The Labute approximate surface area is 124 Å². The van der Waals surface area contributed by atoms with E-state index >= 15 is 0 Å². The normalized spacial score (nSPS) is 14.6. The fourth-order valence-electron chi connectivity index (χ4n) is 2.56. The summed E-state index contributed by atoms with van der Waals surface area (Å²) in [4.78, 5) is 9.55. The number of halogens is 3. The van der Waals surface area contributed by atoms with Crippen LogP contribution in [0.1, 0.15) is 22.8 Å². The summed E-state index contributed by atoms with van der Waals surface area (Å²) >= 11 is 0. The minimum atomic E-state index is -4.53. The number of aromatic nitrogens is 3. The second-order valence-electron chi connectivity index (χ2n) is 5.05. The van der Waals surface area contributed by atoms with Crippen molar-refractivity contribution in [1.29, 1.82) is 5.26 Å². The molecule has 8 heteroatoms. The maximum atomic E-state index is 12.8. The molecule has 22 heavy (non-hydrogen) atoms. The molecule has 1 aliphatic rings. The van der Waals surface area contributed by atoms with Crippen molar-refractivity contribution in [2.75, 3.05) is 11.4 Å². The number of imidazole rings is 1. The van der Waals surface area contributed by atoms with Crippen LogP contribution in [0.15, 0.2) is 18.3 Å². The van der Waals surface area contributed by atoms with Gasteiger partial charge in [-0.15, -0.1) is 0 Å². The molecule has 0 aromatic carbocycles. The number of hydrogen-bond acceptors (Lipinski definition) is 4. The fraction of sp³-hybridized carbons (Fsp3) is 0.357. The molecule has 0 amide bonds. The predicted octanol–water partition coefficient (Wildman–Crippen LogP) is 2.50. The van der Waals surface area contributed by atoms with Crippen LogP contribution in [0.3, 0.4) is 0 Å². The number of nitrogens with zero attached hydrogens (tertiary/aromatic N) is 5. The highest BCUT2D eigenvalue weighted by molar-refractivity contribution is 5.55. The van der Waals surface area contributed by atoms with Gasteiger partial charge in [-0.3, -0.25) is 0 Å². The van der Waals surface area contributed by atoms with Crippen LogP contribution in [0.4, 0.5) is 19.0 Å². The van der Waals surface area contributed by atoms with Gasteiger partial charge in [-0.05, 0) is 19.1 Å². The number of rotatable bonds is 1. The standard InChI is InChI=1S/C14H12F3N5/c1-9-19-7-11-8-21(4-5-22(9)11)13-10(6-18)2-3-12(20-13)14(15,16)17/h2-3,7H,4-5,8H2,1H3. The van der Waals surface area contributed by atoms with Crippen LogP contribution in [0.25, 0.3) is 0 Å². The van der Waals surface area contributed by atoms with Crippen molar-refractivity contribution in [3.05, 3.63) is 41.1 Å². The fourth-order valence-corrected chi connectivity index (χ4v) is 2.56. The van der Waals surface area contributed by atoms with Gasteiger partial charge in [0.1, 0.15) is 23.4 Å². The summed E-state index contributed by atoms with van der Waals surface area (Å²) in [6.07, 6.45) is -2.84. The molecule has 0 radical (unpaired) electrons. The summed E-state index contributed by atoms with van der Waals surface area (Å²) < 4.78 is 40.5. The average molecular weight is 307 g/mol. The van der Waals surface area contributed by atoms with Crippen molar-refractivity contribution in [3.8, 4) is 6.07 Å². The molecule has 0 bridgehead atoms. The van der Waals surface area contributed by atoms with Crippen LogP contribution in [0.2, 0.25) is 0 Å². The van der Waals surface area contributed by atoms with E-state index in [0.717, 1.165) is 17.6 Å². The van der Waals surface area contributed by atoms with E-state index in [4.69, 9.17) is 5.26 Å². The molecule has 1 aliphatic heterocycles. The van der Waals surface area contributed by atoms with Gasteiger partial charge in [0.25, 0.3) is 0 Å². The van der Waals surface area contributed by atoms with Gasteiger partial charge in [0.2, 0.25) is 0 Å². The van der Waals surface area contributed by atoms with Crippen LogP contribution in [0, 0.1) is 18.3 Å². The molecule has 3 heterocycles. The first-order chi connectivity index (χ1) is 10.4. The Hall–Kier alpha value is -2.56. The van der Waals surface area contributed by atoms with Gasteiger partial charge in [0, 0.05) is 13.1 Å². The Bertz CT molecular complexity index is 757. The first kappa shape index (κ1) is 14.4. The summed E-state index contributed by atoms with van der Waals surface area (Å²) in [6.45, 7) is 3.34. The van der Waals surface area contributed by atoms with Crippen molar-refractivity contribution in [2.45, 2.75) is 26.2 Å². The van der Waals surface area contributed by atoms with Crippen molar-refractivity contribution < 1.29 is 13.2 Å². The van der Waals surface area contributed by atoms with Gasteiger partial charge < -0.3 is 9.47 Å². The molecular weight excluding hydrogens is 295 g/mol. The molecule has 0 unspecified atom stereocenters. The molecule has 3 rings (SSSR count). The predicted molar refractivity (Wildman–Crippen MR) is 72.0 cm³/mol. The van der Waals surface area contributed by atoms with Crippen molar-refractivity contribution >= 4 is 5.82 Å². The van der Waals surface area contributed by atoms with E-state index < -0.39 is 11.9 Å². The molecule has 2 aromatic rings. The van der Waals surface area contributed by atoms with Crippen LogP contribution in [-0.2, 0) is 19.3 Å². The first-order valence-electron chi connectivity index (χ1n) is 6.64. The zero-order chi connectivity index (χ0) is 15.9. The molecule has 5 nitrogen and oxygen atoms in total. The molecular formula is C14H12F3N5. The number of hydrogen-bond donors (Lipinski definition) is 0. The van der Waals surface area contributed by atoms with E-state index in [2.05, 4.69) is 9.97 Å². The molecule has 0 saturated heterocycles. The number of fused-ring (bicyclic) bond motifs is 1. The van der Waals surface area contributed by atoms with Crippen LogP contribution in [0.5, 0.6) is 0 Å². The molecule has 0 N–H and O–H groups in total. The van der Waals surface area contributed by atoms with Gasteiger partial charge in [-0.25, -0.2) is 9.97 Å². The Morgan fingerprint density at radius 3 is 2.73 bits per heavy atom. The summed E-state index contributed by atoms with van der Waals surface area (Å²) in [5, 5.41) is 9.13. The van der Waals surface area contributed by atoms with E-state index in [1.807, 2.05) is 17.6 Å². The maximum absolute atomic E-state index is 12.8. The molecule has 2 aromatic heterocycles. The Kier molecular flexibility index (Phi) is 3.28. The number of alkyl halides is 3. The van der Waals surface area contributed by atoms with Crippen LogP contribution in [-0.4, -0.2) is 21.1 Å². The summed E-state index contributed by atoms with van der Waals surface area (Å²) in [7, 11) is 0. The minimum absolute atomic E-state index is 0.0717. The topological polar surface area (TPSA) is 57.7 Å². The third kappa shape index (κ3) is 2.39. The highest BCUT2D eigenvalue weighted by Gasteiger charge is 2.34. The molecule has 114 valence electrons. The number of nitriles is 1. The Balaban J connectivity index is 2.00. The summed E-state index contributed by atoms with van der Waals surface area (Å²) in [6, 6.07) is 3.91. The largest absolute Gasteiger partial charge is 0.433 e. The smallest absolute Gasteiger partial charge is 0.348 e. The van der Waals surface area contributed by atoms with E-state index in [9.17, 15) is 13.2 Å². The SMILES string of the molecule is Cc1ncc2n1CCN(c1nc(C(F)(F)F)ccc1C#N)C2. The van der Waals surface area contributed by atoms with Crippen LogP contribution >= 0.6 is 0 Å². The molecule has 0 spiro atoms. The van der Waals surface area contributed by atoms with E-state index in [-0.39, 0.29) is 11.4 Å². The van der Waals surface area contributed by atoms with Crippen molar-refractivity contribution in [1.82, 2.24) is 14.5 Å². The van der Waals surface area contributed by atoms with Gasteiger partial charge in [0.15, 0.2) is 0 Å². The Morgan fingerprint density at radius 1 is 1.27 bits per heavy atom. The van der Waals surface area contributed by atoms with E-state index in [1.54, 1.807) is 11.1 Å². The number of pyridine rings is 1. The molecule has 0 saturated carbocycles. The third-order valence-electron chi connectivity index (χ3n) is 3.67. The van der Waals surface area contributed by atoms with Gasteiger partial charge >= 0.3 is 6.18 Å². The van der Waals surface area contributed by atoms with Crippen LogP contribution < -0.4 is 4.90 Å². The molecule has 0 fully saturated rings. The van der Waals surface area contributed by atoms with Crippen molar-refractivity contribution in [3.63, 3.8) is 0 Å². The minimum Gasteiger partial charge on any atom is -0.348 e.